The number of fused-ring (bicyclic) bond motifs is 33. The maximum Gasteiger partial charge on any atom is 0.137 e. The number of rotatable bonds is 7. The summed E-state index contributed by atoms with van der Waals surface area (Å²) in [5, 5.41) is 12.9. The summed E-state index contributed by atoms with van der Waals surface area (Å²) < 4.78 is 8.82. The van der Waals surface area contributed by atoms with Crippen LogP contribution in [0.5, 0.6) is 0 Å². The zero-order chi connectivity index (χ0) is 102. The first-order valence-electron chi connectivity index (χ1n) is 53.4. The van der Waals surface area contributed by atoms with Crippen molar-refractivity contribution in [3.05, 3.63) is 472 Å². The highest BCUT2D eigenvalue weighted by Gasteiger charge is 2.53. The lowest BCUT2D eigenvalue weighted by Crippen LogP contribution is -2.43. The molecule has 148 heavy (non-hydrogen) atoms. The Morgan fingerprint density at radius 1 is 0.169 bits per heavy atom. The van der Waals surface area contributed by atoms with E-state index in [0.29, 0.717) is 0 Å². The second-order valence-electron chi connectivity index (χ2n) is 48.7. The van der Waals surface area contributed by atoms with E-state index in [1.54, 1.807) is 0 Å². The second kappa shape index (κ2) is 31.5. The Morgan fingerprint density at radius 2 is 0.453 bits per heavy atom. The Labute approximate surface area is 871 Å². The summed E-state index contributed by atoms with van der Waals surface area (Å²) >= 11 is 0. The molecule has 0 fully saturated rings. The number of hydrogen-bond donors (Lipinski definition) is 0. The first-order valence-corrected chi connectivity index (χ1v) is 53.4. The Kier molecular flexibility index (Phi) is 19.4. The molecule has 722 valence electrons. The van der Waals surface area contributed by atoms with Crippen LogP contribution in [0.15, 0.2) is 399 Å². The van der Waals surface area contributed by atoms with E-state index in [0.717, 1.165) is 44.7 Å². The van der Waals surface area contributed by atoms with E-state index in [1.165, 1.54) is 227 Å². The van der Waals surface area contributed by atoms with Crippen LogP contribution in [0.3, 0.4) is 0 Å². The highest BCUT2D eigenvalue weighted by Crippen LogP contribution is 2.66. The minimum absolute atomic E-state index is 0.0229. The average Bonchev–Trinajstić information content (AvgIpc) is 1.36. The number of hydrogen-bond acceptors (Lipinski definition) is 3. The van der Waals surface area contributed by atoms with Gasteiger partial charge in [0.2, 0.25) is 0 Å². The maximum absolute atomic E-state index is 6.37. The van der Waals surface area contributed by atoms with Crippen LogP contribution in [0.1, 0.15) is 216 Å². The molecule has 4 nitrogen and oxygen atoms in total. The Balaban J connectivity index is 0.000000110. The molecule has 7 aliphatic rings. The highest BCUT2D eigenvalue weighted by molar-refractivity contribution is 6.12. The molecule has 0 spiro atoms. The summed E-state index contributed by atoms with van der Waals surface area (Å²) in [6.07, 6.45) is 0. The molecule has 0 saturated heterocycles. The van der Waals surface area contributed by atoms with E-state index in [1.807, 2.05) is 12.1 Å². The second-order valence-corrected chi connectivity index (χ2v) is 48.7. The first kappa shape index (κ1) is 91.1. The van der Waals surface area contributed by atoms with E-state index in [9.17, 15) is 0 Å². The molecule has 0 bridgehead atoms. The maximum atomic E-state index is 6.37. The fourth-order valence-electron chi connectivity index (χ4n) is 28.1. The molecule has 0 N–H and O–H groups in total. The Bertz CT molecular complexity index is 9420. The lowest BCUT2D eigenvalue weighted by atomic mass is 9.54. The van der Waals surface area contributed by atoms with Crippen LogP contribution in [-0.2, 0) is 54.1 Å². The molecular formula is C144H125N3O. The van der Waals surface area contributed by atoms with Crippen LogP contribution in [0.4, 0.5) is 34.1 Å². The van der Waals surface area contributed by atoms with E-state index < -0.39 is 0 Å². The third-order valence-electron chi connectivity index (χ3n) is 38.5. The molecule has 2 aromatic heterocycles. The van der Waals surface area contributed by atoms with Crippen LogP contribution < -0.4 is 9.80 Å². The minimum atomic E-state index is -0.192. The van der Waals surface area contributed by atoms with Crippen LogP contribution in [0.25, 0.3) is 160 Å². The monoisotopic (exact) mass is 1910 g/mol. The first-order chi connectivity index (χ1) is 71.0. The number of furan rings is 1. The highest BCUT2D eigenvalue weighted by atomic mass is 16.3. The van der Waals surface area contributed by atoms with Gasteiger partial charge in [-0.25, -0.2) is 0 Å². The molecule has 29 rings (SSSR count). The van der Waals surface area contributed by atoms with Crippen LogP contribution in [0, 0.1) is 0 Å². The summed E-state index contributed by atoms with van der Waals surface area (Å²) in [5.74, 6) is 0. The molecule has 0 radical (unpaired) electrons. The van der Waals surface area contributed by atoms with Crippen molar-refractivity contribution < 1.29 is 4.42 Å². The Hall–Kier alpha value is -15.6. The molecule has 4 heteroatoms. The third-order valence-corrected chi connectivity index (χ3v) is 38.5. The quantitative estimate of drug-likeness (QED) is 0.159. The predicted molar refractivity (Wildman–Crippen MR) is 628 cm³/mol. The van der Waals surface area contributed by atoms with Gasteiger partial charge in [-0.3, -0.25) is 0 Å². The van der Waals surface area contributed by atoms with Gasteiger partial charge >= 0.3 is 0 Å². The van der Waals surface area contributed by atoms with Crippen molar-refractivity contribution in [3.8, 4) is 83.6 Å². The summed E-state index contributed by atoms with van der Waals surface area (Å²) in [6.45, 7) is 48.5. The van der Waals surface area contributed by atoms with Crippen molar-refractivity contribution in [2.24, 2.45) is 0 Å². The van der Waals surface area contributed by atoms with E-state index in [-0.39, 0.29) is 54.1 Å². The van der Waals surface area contributed by atoms with Gasteiger partial charge in [0.15, 0.2) is 0 Å². The molecule has 0 atom stereocenters. The molecule has 2 heterocycles. The fourth-order valence-corrected chi connectivity index (χ4v) is 28.1. The predicted octanol–water partition coefficient (Wildman–Crippen LogP) is 39.4. The number of benzene rings is 20. The van der Waals surface area contributed by atoms with Crippen molar-refractivity contribution in [1.29, 1.82) is 0 Å². The van der Waals surface area contributed by atoms with Gasteiger partial charge in [-0.2, -0.15) is 0 Å². The number of para-hydroxylation sites is 5. The van der Waals surface area contributed by atoms with Gasteiger partial charge in [-0.1, -0.05) is 387 Å². The summed E-state index contributed by atoms with van der Waals surface area (Å²) in [5.41, 5.74) is 50.7. The van der Waals surface area contributed by atoms with Crippen LogP contribution in [0.2, 0.25) is 0 Å². The number of anilines is 6. The molecule has 0 aliphatic heterocycles. The molecule has 22 aromatic rings. The van der Waals surface area contributed by atoms with Crippen molar-refractivity contribution in [3.63, 3.8) is 0 Å². The Morgan fingerprint density at radius 3 is 0.865 bits per heavy atom. The SMILES string of the molecule is CC1(C)c2cc(-n3c4ccccc4c4ccccc43)ccc2-c2cc3c(cc21)-c1c(ccc2ccccc12)C(C)(C)C3(C)C.CC1(C)c2cc(N(c3ccccc3)c3ccc4c(c3)oc3ccccc34)ccc2-c2cc3c(cc21)-c1c(ccc2ccccc12)C(C)(C)C3(C)C.CC1(C)c2ccccc2-c2ccc(N(c3ccccc3)c3ccc4c(c3)C(C)(C)c3cc5c(cc3-4)C(C)(C)C(C)(C)c3ccc4ccccc4c3-5)cc21. The molecule has 0 amide bonds. The van der Waals surface area contributed by atoms with Gasteiger partial charge in [0.25, 0.3) is 0 Å². The van der Waals surface area contributed by atoms with E-state index in [2.05, 4.69) is 535 Å². The lowest BCUT2D eigenvalue weighted by Gasteiger charge is -2.49. The molecule has 20 aromatic carbocycles. The lowest BCUT2D eigenvalue weighted by molar-refractivity contribution is 0.299. The van der Waals surface area contributed by atoms with Crippen molar-refractivity contribution >= 4 is 110 Å². The van der Waals surface area contributed by atoms with Gasteiger partial charge in [0.1, 0.15) is 11.2 Å². The third kappa shape index (κ3) is 12.6. The van der Waals surface area contributed by atoms with E-state index in [4.69, 9.17) is 4.42 Å². The fraction of sp³-hybridized carbons (Fsp3) is 0.208. The number of aromatic nitrogens is 1. The summed E-state index contributed by atoms with van der Waals surface area (Å²) in [7, 11) is 0. The number of nitrogens with zero attached hydrogens (tertiary/aromatic N) is 3. The zero-order valence-corrected chi connectivity index (χ0v) is 88.8. The summed E-state index contributed by atoms with van der Waals surface area (Å²) in [6, 6.07) is 148. The average molecular weight is 1910 g/mol. The van der Waals surface area contributed by atoms with Crippen LogP contribution >= 0.6 is 0 Å². The summed E-state index contributed by atoms with van der Waals surface area (Å²) in [4.78, 5) is 4.82. The largest absolute Gasteiger partial charge is 0.456 e. The molecule has 0 unspecified atom stereocenters. The molecular weight excluding hydrogens is 1790 g/mol. The van der Waals surface area contributed by atoms with Gasteiger partial charge in [-0.15, -0.1) is 0 Å². The van der Waals surface area contributed by atoms with Crippen LogP contribution in [-0.4, -0.2) is 4.57 Å². The van der Waals surface area contributed by atoms with Crippen molar-refractivity contribution in [2.75, 3.05) is 9.80 Å². The van der Waals surface area contributed by atoms with Gasteiger partial charge < -0.3 is 18.8 Å². The smallest absolute Gasteiger partial charge is 0.137 e. The van der Waals surface area contributed by atoms with E-state index >= 15 is 0 Å². The molecule has 7 aliphatic carbocycles. The van der Waals surface area contributed by atoms with Gasteiger partial charge in [0.05, 0.1) is 11.0 Å². The normalized spacial score (nSPS) is 16.8. The molecule has 0 saturated carbocycles. The van der Waals surface area contributed by atoms with Crippen molar-refractivity contribution in [2.45, 2.75) is 193 Å². The van der Waals surface area contributed by atoms with Crippen molar-refractivity contribution in [1.82, 2.24) is 4.57 Å². The standard InChI is InChI=1S/C52H47N.C49H41NO.C43H37N/c1-49(2)42-21-15-14-20-37(42)38-25-23-34(28-44(38)49)53(33-17-10-9-11-18-33)35-24-26-39-40-30-47-41(31-46(40)50(3,4)45(39)29-35)48-36-19-13-12-16-32(36)22-27-43(48)51(5,6)52(47,7)8;1-47(2)41-26-32(50(31-15-8-7-9-16-31)33-22-24-37-36-18-12-13-19-44(36)51-45(37)27-33)21-23-35(41)38-28-43-39(29-42(38)47)46-34-17-11-10-14-30(34)20-25-40(46)48(3,4)49(43,5)6;1-41(2)35-23-27(44-38-17-11-9-15-30(38)31-16-10-12-18-39(31)44)20-21-29(35)32-24-37-33(25-36(32)41)40-28-14-8-7-13-26(28)19-22-34(40)42(3,4)43(37,5)6/h9-31H,1-8H3;7-29H,1-6H3;7-25H,1-6H3. The minimum Gasteiger partial charge on any atom is -0.456 e. The van der Waals surface area contributed by atoms with Gasteiger partial charge in [0, 0.05) is 89.1 Å². The van der Waals surface area contributed by atoms with Gasteiger partial charge in [-0.05, 0) is 360 Å². The zero-order valence-electron chi connectivity index (χ0n) is 88.8. The topological polar surface area (TPSA) is 24.6 Å².